The summed E-state index contributed by atoms with van der Waals surface area (Å²) in [6.45, 7) is 1.92. The van der Waals surface area contributed by atoms with Crippen molar-refractivity contribution < 1.29 is 4.79 Å². The van der Waals surface area contributed by atoms with Gasteiger partial charge in [0.1, 0.15) is 0 Å². The first-order valence-corrected chi connectivity index (χ1v) is 7.17. The highest BCUT2D eigenvalue weighted by Gasteiger charge is 2.27. The summed E-state index contributed by atoms with van der Waals surface area (Å²) in [4.78, 5) is 14.1. The highest BCUT2D eigenvalue weighted by Crippen LogP contribution is 2.29. The second-order valence-electron chi connectivity index (χ2n) is 5.33. The number of halogens is 1. The van der Waals surface area contributed by atoms with Crippen molar-refractivity contribution in [3.63, 3.8) is 0 Å². The third kappa shape index (κ3) is 3.13. The molecule has 1 unspecified atom stereocenters. The van der Waals surface area contributed by atoms with Crippen molar-refractivity contribution in [2.45, 2.75) is 44.9 Å². The lowest BCUT2D eigenvalue weighted by atomic mass is 10.0. The van der Waals surface area contributed by atoms with E-state index in [0.717, 1.165) is 38.2 Å². The molecule has 2 nitrogen and oxygen atoms in total. The summed E-state index contributed by atoms with van der Waals surface area (Å²) >= 11 is 5.74. The summed E-state index contributed by atoms with van der Waals surface area (Å²) in [6.07, 6.45) is 8.21. The Balaban J connectivity index is 1.73. The van der Waals surface area contributed by atoms with E-state index in [0.29, 0.717) is 17.7 Å². The molecule has 0 bridgehead atoms. The smallest absolute Gasteiger partial charge is 0.222 e. The van der Waals surface area contributed by atoms with Gasteiger partial charge < -0.3 is 4.90 Å². The van der Waals surface area contributed by atoms with E-state index in [-0.39, 0.29) is 0 Å². The molecule has 2 aliphatic rings. The van der Waals surface area contributed by atoms with E-state index in [1.165, 1.54) is 25.7 Å². The van der Waals surface area contributed by atoms with Crippen LogP contribution in [0.1, 0.15) is 44.9 Å². The summed E-state index contributed by atoms with van der Waals surface area (Å²) in [6, 6.07) is 0. The number of amides is 1. The zero-order valence-corrected chi connectivity index (χ0v) is 10.7. The molecule has 0 spiro atoms. The zero-order valence-electron chi connectivity index (χ0n) is 9.96. The molecule has 92 valence electrons. The number of hydrogen-bond acceptors (Lipinski definition) is 1. The minimum atomic E-state index is 0.393. The van der Waals surface area contributed by atoms with Crippen molar-refractivity contribution in [1.29, 1.82) is 0 Å². The van der Waals surface area contributed by atoms with Crippen LogP contribution in [0.2, 0.25) is 0 Å². The van der Waals surface area contributed by atoms with Crippen LogP contribution in [0.5, 0.6) is 0 Å². The molecule has 1 atom stereocenters. The van der Waals surface area contributed by atoms with Gasteiger partial charge in [-0.15, -0.1) is 11.6 Å². The van der Waals surface area contributed by atoms with Crippen LogP contribution in [-0.2, 0) is 4.79 Å². The Morgan fingerprint density at radius 1 is 1.19 bits per heavy atom. The van der Waals surface area contributed by atoms with Crippen molar-refractivity contribution in [1.82, 2.24) is 4.90 Å². The normalized spacial score (nSPS) is 26.6. The highest BCUT2D eigenvalue weighted by atomic mass is 35.5. The molecular formula is C13H22ClNO. The first-order valence-electron chi connectivity index (χ1n) is 6.63. The van der Waals surface area contributed by atoms with Gasteiger partial charge in [-0.05, 0) is 37.5 Å². The molecule has 0 N–H and O–H groups in total. The maximum atomic E-state index is 12.0. The topological polar surface area (TPSA) is 20.3 Å². The van der Waals surface area contributed by atoms with Crippen molar-refractivity contribution in [3.8, 4) is 0 Å². The number of hydrogen-bond donors (Lipinski definition) is 0. The Morgan fingerprint density at radius 2 is 1.94 bits per heavy atom. The summed E-state index contributed by atoms with van der Waals surface area (Å²) in [5.74, 6) is 2.46. The van der Waals surface area contributed by atoms with Crippen LogP contribution in [0.15, 0.2) is 0 Å². The quantitative estimate of drug-likeness (QED) is 0.695. The number of rotatable bonds is 4. The molecule has 0 aromatic heterocycles. The molecule has 1 saturated carbocycles. The van der Waals surface area contributed by atoms with Gasteiger partial charge in [0, 0.05) is 25.4 Å². The van der Waals surface area contributed by atoms with Crippen molar-refractivity contribution in [3.05, 3.63) is 0 Å². The van der Waals surface area contributed by atoms with Gasteiger partial charge in [-0.25, -0.2) is 0 Å². The molecule has 1 saturated heterocycles. The minimum Gasteiger partial charge on any atom is -0.342 e. The molecule has 1 amide bonds. The predicted molar refractivity (Wildman–Crippen MR) is 66.6 cm³/mol. The van der Waals surface area contributed by atoms with Gasteiger partial charge >= 0.3 is 0 Å². The van der Waals surface area contributed by atoms with Crippen molar-refractivity contribution >= 4 is 17.5 Å². The Labute approximate surface area is 103 Å². The van der Waals surface area contributed by atoms with E-state index in [4.69, 9.17) is 11.6 Å². The summed E-state index contributed by atoms with van der Waals surface area (Å²) in [5, 5.41) is 0. The third-order valence-electron chi connectivity index (χ3n) is 4.09. The van der Waals surface area contributed by atoms with Gasteiger partial charge in [0.2, 0.25) is 5.91 Å². The molecule has 1 aliphatic carbocycles. The van der Waals surface area contributed by atoms with Crippen LogP contribution in [0.4, 0.5) is 0 Å². The zero-order chi connectivity index (χ0) is 11.4. The van der Waals surface area contributed by atoms with Gasteiger partial charge in [0.15, 0.2) is 0 Å². The van der Waals surface area contributed by atoms with E-state index < -0.39 is 0 Å². The largest absolute Gasteiger partial charge is 0.342 e. The monoisotopic (exact) mass is 243 g/mol. The van der Waals surface area contributed by atoms with Gasteiger partial charge in [0.05, 0.1) is 0 Å². The molecule has 0 radical (unpaired) electrons. The number of nitrogens with zero attached hydrogens (tertiary/aromatic N) is 1. The molecule has 16 heavy (non-hydrogen) atoms. The van der Waals surface area contributed by atoms with E-state index in [1.807, 2.05) is 0 Å². The molecule has 0 aromatic carbocycles. The van der Waals surface area contributed by atoms with Crippen LogP contribution >= 0.6 is 11.6 Å². The fourth-order valence-corrected chi connectivity index (χ4v) is 3.35. The molecular weight excluding hydrogens is 222 g/mol. The standard InChI is InChI=1S/C13H22ClNO/c14-7-5-12-6-8-15(10-12)13(16)9-11-3-1-2-4-11/h11-12H,1-10H2. The first-order chi connectivity index (χ1) is 7.79. The number of carbonyl (C=O) groups is 1. The Bertz CT molecular complexity index is 238. The molecule has 0 aromatic rings. The molecule has 2 rings (SSSR count). The highest BCUT2D eigenvalue weighted by molar-refractivity contribution is 6.17. The predicted octanol–water partition coefficient (Wildman–Crippen LogP) is 3.04. The van der Waals surface area contributed by atoms with Gasteiger partial charge in [-0.2, -0.15) is 0 Å². The Morgan fingerprint density at radius 3 is 2.62 bits per heavy atom. The number of alkyl halides is 1. The molecule has 1 aliphatic heterocycles. The fraction of sp³-hybridized carbons (Fsp3) is 0.923. The average molecular weight is 244 g/mol. The molecule has 1 heterocycles. The van der Waals surface area contributed by atoms with Gasteiger partial charge in [-0.3, -0.25) is 4.79 Å². The van der Waals surface area contributed by atoms with E-state index in [2.05, 4.69) is 4.90 Å². The first kappa shape index (κ1) is 12.2. The molecule has 2 fully saturated rings. The van der Waals surface area contributed by atoms with Gasteiger partial charge in [0.25, 0.3) is 0 Å². The average Bonchev–Trinajstić information content (AvgIpc) is 2.89. The van der Waals surface area contributed by atoms with Gasteiger partial charge in [-0.1, -0.05) is 12.8 Å². The Hall–Kier alpha value is -0.240. The van der Waals surface area contributed by atoms with Crippen LogP contribution < -0.4 is 0 Å². The SMILES string of the molecule is O=C(CC1CCCC1)N1CCC(CCCl)C1. The lowest BCUT2D eigenvalue weighted by molar-refractivity contribution is -0.131. The van der Waals surface area contributed by atoms with Crippen LogP contribution in [0.25, 0.3) is 0 Å². The van der Waals surface area contributed by atoms with E-state index in [9.17, 15) is 4.79 Å². The number of carbonyl (C=O) groups excluding carboxylic acids is 1. The minimum absolute atomic E-state index is 0.393. The maximum Gasteiger partial charge on any atom is 0.222 e. The second-order valence-corrected chi connectivity index (χ2v) is 5.70. The van der Waals surface area contributed by atoms with Crippen molar-refractivity contribution in [2.75, 3.05) is 19.0 Å². The van der Waals surface area contributed by atoms with Crippen LogP contribution in [0, 0.1) is 11.8 Å². The van der Waals surface area contributed by atoms with Crippen molar-refractivity contribution in [2.24, 2.45) is 11.8 Å². The summed E-state index contributed by atoms with van der Waals surface area (Å²) in [5.41, 5.74) is 0. The number of likely N-dealkylation sites (tertiary alicyclic amines) is 1. The summed E-state index contributed by atoms with van der Waals surface area (Å²) < 4.78 is 0. The fourth-order valence-electron chi connectivity index (χ4n) is 3.04. The molecule has 3 heteroatoms. The second kappa shape index (κ2) is 5.90. The lowest BCUT2D eigenvalue weighted by Gasteiger charge is -2.18. The van der Waals surface area contributed by atoms with E-state index in [1.54, 1.807) is 0 Å². The summed E-state index contributed by atoms with van der Waals surface area (Å²) in [7, 11) is 0. The lowest BCUT2D eigenvalue weighted by Crippen LogP contribution is -2.29. The Kier molecular flexibility index (Phi) is 4.51. The van der Waals surface area contributed by atoms with E-state index >= 15 is 0 Å². The maximum absolute atomic E-state index is 12.0. The van der Waals surface area contributed by atoms with Crippen LogP contribution in [0.3, 0.4) is 0 Å². The third-order valence-corrected chi connectivity index (χ3v) is 4.31. The van der Waals surface area contributed by atoms with Crippen LogP contribution in [-0.4, -0.2) is 29.8 Å².